The second kappa shape index (κ2) is 10.1. The summed E-state index contributed by atoms with van der Waals surface area (Å²) in [5.74, 6) is 2.57. The summed E-state index contributed by atoms with van der Waals surface area (Å²) in [6.45, 7) is 7.89. The van der Waals surface area contributed by atoms with Gasteiger partial charge in [-0.3, -0.25) is 0 Å². The normalized spacial score (nSPS) is 22.0. The van der Waals surface area contributed by atoms with Gasteiger partial charge in [-0.2, -0.15) is 0 Å². The van der Waals surface area contributed by atoms with Crippen molar-refractivity contribution in [1.82, 2.24) is 15.8 Å². The third kappa shape index (κ3) is 6.14. The first-order chi connectivity index (χ1) is 10.2. The van der Waals surface area contributed by atoms with Gasteiger partial charge in [0.1, 0.15) is 6.54 Å². The van der Waals surface area contributed by atoms with Gasteiger partial charge in [0.05, 0.1) is 5.69 Å². The predicted molar refractivity (Wildman–Crippen MR) is 101 cm³/mol. The van der Waals surface area contributed by atoms with Crippen molar-refractivity contribution in [1.29, 1.82) is 0 Å². The molecule has 2 N–H and O–H groups in total. The molecule has 1 aromatic heterocycles. The second-order valence-corrected chi connectivity index (χ2v) is 5.93. The average molecular weight is 420 g/mol. The molecule has 2 rings (SSSR count). The molecular weight excluding hydrogens is 391 g/mol. The molecule has 0 spiro atoms. The zero-order valence-corrected chi connectivity index (χ0v) is 16.2. The van der Waals surface area contributed by atoms with Gasteiger partial charge < -0.3 is 15.2 Å². The Balaban J connectivity index is 0.00000242. The highest BCUT2D eigenvalue weighted by atomic mass is 127. The zero-order valence-electron chi connectivity index (χ0n) is 13.9. The number of aliphatic imine (C=N–C) groups is 1. The number of guanidine groups is 1. The van der Waals surface area contributed by atoms with E-state index in [0.717, 1.165) is 36.3 Å². The summed E-state index contributed by atoms with van der Waals surface area (Å²) in [6, 6.07) is 2.52. The van der Waals surface area contributed by atoms with Crippen LogP contribution >= 0.6 is 24.0 Å². The van der Waals surface area contributed by atoms with Gasteiger partial charge in [0.25, 0.3) is 0 Å². The Bertz CT molecular complexity index is 453. The number of nitrogens with one attached hydrogen (secondary N) is 2. The number of aryl methyl sites for hydroxylation is 1. The number of nitrogens with zero attached hydrogens (tertiary/aromatic N) is 2. The first-order valence-corrected chi connectivity index (χ1v) is 8.20. The third-order valence-electron chi connectivity index (χ3n) is 4.06. The maximum Gasteiger partial charge on any atom is 0.191 e. The van der Waals surface area contributed by atoms with Crippen molar-refractivity contribution in [3.8, 4) is 0 Å². The number of halogens is 1. The first-order valence-electron chi connectivity index (χ1n) is 8.20. The van der Waals surface area contributed by atoms with Gasteiger partial charge in [0, 0.05) is 18.7 Å². The van der Waals surface area contributed by atoms with Crippen molar-refractivity contribution in [3.63, 3.8) is 0 Å². The molecule has 1 fully saturated rings. The van der Waals surface area contributed by atoms with Crippen LogP contribution in [0.15, 0.2) is 15.6 Å². The summed E-state index contributed by atoms with van der Waals surface area (Å²) >= 11 is 0. The smallest absolute Gasteiger partial charge is 0.191 e. The van der Waals surface area contributed by atoms with Gasteiger partial charge >= 0.3 is 0 Å². The minimum Gasteiger partial charge on any atom is -0.359 e. The lowest BCUT2D eigenvalue weighted by molar-refractivity contribution is 0.329. The summed E-state index contributed by atoms with van der Waals surface area (Å²) in [4.78, 5) is 4.61. The summed E-state index contributed by atoms with van der Waals surface area (Å²) in [7, 11) is 0. The van der Waals surface area contributed by atoms with Crippen LogP contribution in [0, 0.1) is 5.92 Å². The molecule has 126 valence electrons. The Morgan fingerprint density at radius 2 is 2.05 bits per heavy atom. The lowest BCUT2D eigenvalue weighted by Crippen LogP contribution is -2.44. The fraction of sp³-hybridized carbons (Fsp3) is 0.750. The minimum atomic E-state index is 0. The Kier molecular flexibility index (Phi) is 8.82. The SMILES string of the molecule is CCNC(=NCc1cc(CC)no1)NC1CCC(C)CC1.I. The van der Waals surface area contributed by atoms with Crippen LogP contribution in [0.5, 0.6) is 0 Å². The van der Waals surface area contributed by atoms with E-state index in [1.54, 1.807) is 0 Å². The summed E-state index contributed by atoms with van der Waals surface area (Å²) in [5.41, 5.74) is 0.986. The van der Waals surface area contributed by atoms with E-state index in [1.165, 1.54) is 25.7 Å². The predicted octanol–water partition coefficient (Wildman–Crippen LogP) is 3.49. The number of aromatic nitrogens is 1. The lowest BCUT2D eigenvalue weighted by Gasteiger charge is -2.28. The molecule has 1 aromatic rings. The molecule has 1 aliphatic rings. The highest BCUT2D eigenvalue weighted by molar-refractivity contribution is 14.0. The molecule has 0 bridgehead atoms. The molecule has 0 unspecified atom stereocenters. The minimum absolute atomic E-state index is 0. The first kappa shape index (κ1) is 19.3. The van der Waals surface area contributed by atoms with Crippen molar-refractivity contribution in [2.24, 2.45) is 10.9 Å². The van der Waals surface area contributed by atoms with Crippen molar-refractivity contribution in [2.45, 2.75) is 65.5 Å². The van der Waals surface area contributed by atoms with Crippen LogP contribution in [-0.4, -0.2) is 23.7 Å². The zero-order chi connectivity index (χ0) is 15.1. The molecule has 0 aromatic carbocycles. The Morgan fingerprint density at radius 1 is 1.32 bits per heavy atom. The van der Waals surface area contributed by atoms with Gasteiger partial charge in [-0.25, -0.2) is 4.99 Å². The van der Waals surface area contributed by atoms with Crippen LogP contribution in [0.25, 0.3) is 0 Å². The maximum atomic E-state index is 5.28. The highest BCUT2D eigenvalue weighted by Gasteiger charge is 2.18. The molecule has 0 atom stereocenters. The topological polar surface area (TPSA) is 62.5 Å². The van der Waals surface area contributed by atoms with E-state index in [9.17, 15) is 0 Å². The summed E-state index contributed by atoms with van der Waals surface area (Å²) in [6.07, 6.45) is 5.96. The molecule has 6 heteroatoms. The molecule has 0 amide bonds. The molecule has 0 saturated heterocycles. The third-order valence-corrected chi connectivity index (χ3v) is 4.06. The van der Waals surface area contributed by atoms with E-state index in [1.807, 2.05) is 6.07 Å². The molecule has 22 heavy (non-hydrogen) atoms. The molecule has 1 aliphatic carbocycles. The summed E-state index contributed by atoms with van der Waals surface area (Å²) < 4.78 is 5.28. The molecule has 0 radical (unpaired) electrons. The fourth-order valence-corrected chi connectivity index (χ4v) is 2.67. The van der Waals surface area contributed by atoms with Crippen LogP contribution in [0.3, 0.4) is 0 Å². The molecule has 0 aliphatic heterocycles. The van der Waals surface area contributed by atoms with E-state index in [4.69, 9.17) is 4.52 Å². The molecular formula is C16H29IN4O. The Hall–Kier alpha value is -0.790. The van der Waals surface area contributed by atoms with Crippen LogP contribution in [0.2, 0.25) is 0 Å². The van der Waals surface area contributed by atoms with Gasteiger partial charge in [-0.05, 0) is 44.9 Å². The van der Waals surface area contributed by atoms with Crippen molar-refractivity contribution < 1.29 is 4.52 Å². The van der Waals surface area contributed by atoms with E-state index >= 15 is 0 Å². The number of rotatable bonds is 5. The highest BCUT2D eigenvalue weighted by Crippen LogP contribution is 2.23. The van der Waals surface area contributed by atoms with E-state index in [0.29, 0.717) is 12.6 Å². The van der Waals surface area contributed by atoms with Crippen LogP contribution in [-0.2, 0) is 13.0 Å². The van der Waals surface area contributed by atoms with Gasteiger partial charge in [0.15, 0.2) is 11.7 Å². The quantitative estimate of drug-likeness (QED) is 0.435. The average Bonchev–Trinajstić information content (AvgIpc) is 2.95. The van der Waals surface area contributed by atoms with Crippen molar-refractivity contribution in [2.75, 3.05) is 6.54 Å². The van der Waals surface area contributed by atoms with Gasteiger partial charge in [0.2, 0.25) is 0 Å². The van der Waals surface area contributed by atoms with Crippen molar-refractivity contribution >= 4 is 29.9 Å². The van der Waals surface area contributed by atoms with E-state index in [-0.39, 0.29) is 24.0 Å². The Morgan fingerprint density at radius 3 is 2.64 bits per heavy atom. The monoisotopic (exact) mass is 420 g/mol. The number of hydrogen-bond acceptors (Lipinski definition) is 3. The van der Waals surface area contributed by atoms with Crippen molar-refractivity contribution in [3.05, 3.63) is 17.5 Å². The maximum absolute atomic E-state index is 5.28. The van der Waals surface area contributed by atoms with Crippen LogP contribution < -0.4 is 10.6 Å². The van der Waals surface area contributed by atoms with E-state index in [2.05, 4.69) is 41.6 Å². The standard InChI is InChI=1S/C16H28N4O.HI/c1-4-13-10-15(21-20-13)11-18-16(17-5-2)19-14-8-6-12(3)7-9-14;/h10,12,14H,4-9,11H2,1-3H3,(H2,17,18,19);1H. The van der Waals surface area contributed by atoms with Crippen LogP contribution in [0.4, 0.5) is 0 Å². The van der Waals surface area contributed by atoms with Gasteiger partial charge in [-0.15, -0.1) is 24.0 Å². The number of hydrogen-bond donors (Lipinski definition) is 2. The Labute approximate surface area is 150 Å². The van der Waals surface area contributed by atoms with E-state index < -0.39 is 0 Å². The van der Waals surface area contributed by atoms with Gasteiger partial charge in [-0.1, -0.05) is 19.0 Å². The molecule has 1 heterocycles. The summed E-state index contributed by atoms with van der Waals surface area (Å²) in [5, 5.41) is 10.9. The van der Waals surface area contributed by atoms with Crippen LogP contribution in [0.1, 0.15) is 57.9 Å². The molecule has 5 nitrogen and oxygen atoms in total. The largest absolute Gasteiger partial charge is 0.359 e. The fourth-order valence-electron chi connectivity index (χ4n) is 2.67. The molecule has 1 saturated carbocycles. The second-order valence-electron chi connectivity index (χ2n) is 5.93. The lowest BCUT2D eigenvalue weighted by atomic mass is 9.87.